The lowest BCUT2D eigenvalue weighted by atomic mass is 10.5. The molecule has 0 saturated heterocycles. The van der Waals surface area contributed by atoms with Gasteiger partial charge in [-0.15, -0.1) is 94.1 Å². The molecule has 0 radical (unpaired) electrons. The molecule has 0 aromatic heterocycles. The molecule has 0 N–H and O–H groups in total. The smallest absolute Gasteiger partial charge is 0.0537 e. The third-order valence-corrected chi connectivity index (χ3v) is 15.3. The van der Waals surface area contributed by atoms with Gasteiger partial charge in [0.05, 0.1) is 18.3 Å². The molecule has 0 aliphatic carbocycles. The SMILES string of the molecule is SCSC(CC(SCS)SCSC(CC(SCS)SCS)SCS)SCS. The van der Waals surface area contributed by atoms with Crippen LogP contribution in [0.5, 0.6) is 0 Å². The molecule has 0 aromatic rings. The lowest BCUT2D eigenvalue weighted by molar-refractivity contribution is 1.03. The number of thioether (sulfide) groups is 8. The third kappa shape index (κ3) is 19.0. The summed E-state index contributed by atoms with van der Waals surface area (Å²) in [5.74, 6) is 0. The van der Waals surface area contributed by atoms with Gasteiger partial charge in [-0.05, 0) is 12.8 Å². The Morgan fingerprint density at radius 1 is 0.370 bits per heavy atom. The Kier molecular flexibility index (Phi) is 28.4. The lowest BCUT2D eigenvalue weighted by Gasteiger charge is -2.23. The molecule has 0 bridgehead atoms. The molecule has 0 aliphatic rings. The number of hydrogen-bond acceptors (Lipinski definition) is 14. The molecule has 2 atom stereocenters. The molecule has 164 valence electrons. The van der Waals surface area contributed by atoms with Gasteiger partial charge in [0.25, 0.3) is 0 Å². The van der Waals surface area contributed by atoms with Gasteiger partial charge in [-0.25, -0.2) is 0 Å². The molecule has 0 nitrogen and oxygen atoms in total. The summed E-state index contributed by atoms with van der Waals surface area (Å²) in [7, 11) is 0. The molecule has 0 heterocycles. The topological polar surface area (TPSA) is 0 Å². The van der Waals surface area contributed by atoms with Crippen molar-refractivity contribution in [1.29, 1.82) is 0 Å². The van der Waals surface area contributed by atoms with Crippen molar-refractivity contribution in [3.63, 3.8) is 0 Å². The van der Waals surface area contributed by atoms with E-state index in [1.165, 1.54) is 0 Å². The number of hydrogen-bond donors (Lipinski definition) is 6. The molecule has 0 amide bonds. The third-order valence-electron chi connectivity index (χ3n) is 2.84. The Morgan fingerprint density at radius 2 is 0.593 bits per heavy atom. The van der Waals surface area contributed by atoms with Crippen LogP contribution in [0.4, 0.5) is 0 Å². The van der Waals surface area contributed by atoms with Crippen LogP contribution in [0.25, 0.3) is 0 Å². The molecule has 27 heavy (non-hydrogen) atoms. The Bertz CT molecular complexity index is 269. The van der Waals surface area contributed by atoms with E-state index in [1.54, 1.807) is 0 Å². The maximum absolute atomic E-state index is 4.44. The summed E-state index contributed by atoms with van der Waals surface area (Å²) >= 11 is 42.0. The largest absolute Gasteiger partial charge is 0.168 e. The minimum absolute atomic E-state index is 0.556. The van der Waals surface area contributed by atoms with E-state index in [0.29, 0.717) is 18.3 Å². The van der Waals surface area contributed by atoms with E-state index < -0.39 is 0 Å². The van der Waals surface area contributed by atoms with Gasteiger partial charge in [-0.3, -0.25) is 0 Å². The molecule has 0 rings (SSSR count). The predicted octanol–water partition coefficient (Wildman–Crippen LogP) is 8.22. The van der Waals surface area contributed by atoms with Gasteiger partial charge < -0.3 is 0 Å². The zero-order valence-electron chi connectivity index (χ0n) is 14.6. The van der Waals surface area contributed by atoms with Gasteiger partial charge in [0.2, 0.25) is 0 Å². The fourth-order valence-electron chi connectivity index (χ4n) is 1.74. The first-order chi connectivity index (χ1) is 13.1. The highest BCUT2D eigenvalue weighted by atomic mass is 32.3. The van der Waals surface area contributed by atoms with Gasteiger partial charge in [0.15, 0.2) is 0 Å². The molecule has 14 heteroatoms. The lowest BCUT2D eigenvalue weighted by Crippen LogP contribution is -2.10. The van der Waals surface area contributed by atoms with Crippen molar-refractivity contribution in [3.8, 4) is 0 Å². The predicted molar refractivity (Wildman–Crippen MR) is 173 cm³/mol. The van der Waals surface area contributed by atoms with Crippen molar-refractivity contribution in [1.82, 2.24) is 0 Å². The highest BCUT2D eigenvalue weighted by molar-refractivity contribution is 8.29. The number of thiol groups is 6. The van der Waals surface area contributed by atoms with Crippen molar-refractivity contribution < 1.29 is 0 Å². The second-order valence-electron chi connectivity index (χ2n) is 4.42. The van der Waals surface area contributed by atoms with Gasteiger partial charge in [-0.2, -0.15) is 75.8 Å². The molecule has 0 saturated carbocycles. The molecular formula is C13H28S14. The standard InChI is InChI=1S/C13H28S14/c14-3-20-10(21-4-15)1-12(24-7-18)26-9-27-13(25-8-19)2-11(22-5-16)23-6-17/h10-19H,1-9H2. The quantitative estimate of drug-likeness (QED) is 0.0580. The maximum atomic E-state index is 4.44. The Labute approximate surface area is 233 Å². The zero-order chi connectivity index (χ0) is 20.3. The summed E-state index contributed by atoms with van der Waals surface area (Å²) in [6.45, 7) is 0. The average molecular weight is 633 g/mol. The van der Waals surface area contributed by atoms with Gasteiger partial charge >= 0.3 is 0 Å². The van der Waals surface area contributed by atoms with Crippen molar-refractivity contribution in [3.05, 3.63) is 0 Å². The minimum Gasteiger partial charge on any atom is -0.168 e. The van der Waals surface area contributed by atoms with E-state index in [1.807, 2.05) is 70.6 Å². The second kappa shape index (κ2) is 24.0. The van der Waals surface area contributed by atoms with Crippen LogP contribution in [0.15, 0.2) is 0 Å². The van der Waals surface area contributed by atoms with Crippen LogP contribution < -0.4 is 0 Å². The molecule has 2 unspecified atom stereocenters. The molecular weight excluding hydrogens is 605 g/mol. The summed E-state index contributed by atoms with van der Waals surface area (Å²) in [5.41, 5.74) is 0. The van der Waals surface area contributed by atoms with Crippen molar-refractivity contribution in [2.45, 2.75) is 31.2 Å². The summed E-state index contributed by atoms with van der Waals surface area (Å²) in [6, 6.07) is 0. The molecule has 0 aromatic carbocycles. The summed E-state index contributed by atoms with van der Waals surface area (Å²) < 4.78 is 2.24. The fourth-order valence-corrected chi connectivity index (χ4v) is 16.7. The minimum atomic E-state index is 0.556. The van der Waals surface area contributed by atoms with Crippen LogP contribution in [0.2, 0.25) is 0 Å². The van der Waals surface area contributed by atoms with Crippen molar-refractivity contribution >= 4 is 170 Å². The van der Waals surface area contributed by atoms with E-state index in [4.69, 9.17) is 0 Å². The van der Waals surface area contributed by atoms with Crippen LogP contribution >= 0.6 is 170 Å². The highest BCUT2D eigenvalue weighted by Gasteiger charge is 2.20. The molecule has 0 spiro atoms. The van der Waals surface area contributed by atoms with E-state index in [-0.39, 0.29) is 0 Å². The Balaban J connectivity index is 4.50. The maximum Gasteiger partial charge on any atom is 0.0537 e. The van der Waals surface area contributed by atoms with Crippen molar-refractivity contribution in [2.75, 3.05) is 35.6 Å². The zero-order valence-corrected chi connectivity index (χ0v) is 26.5. The first-order valence-electron chi connectivity index (χ1n) is 7.73. The van der Waals surface area contributed by atoms with E-state index >= 15 is 0 Å². The van der Waals surface area contributed by atoms with E-state index in [9.17, 15) is 0 Å². The first kappa shape index (κ1) is 31.9. The van der Waals surface area contributed by atoms with Gasteiger partial charge in [0.1, 0.15) is 0 Å². The van der Waals surface area contributed by atoms with Crippen LogP contribution in [-0.2, 0) is 0 Å². The monoisotopic (exact) mass is 632 g/mol. The van der Waals surface area contributed by atoms with E-state index in [0.717, 1.165) is 48.4 Å². The van der Waals surface area contributed by atoms with Gasteiger partial charge in [-0.1, -0.05) is 0 Å². The van der Waals surface area contributed by atoms with Crippen molar-refractivity contribution in [2.24, 2.45) is 0 Å². The number of rotatable bonds is 20. The second-order valence-corrected chi connectivity index (χ2v) is 20.0. The normalized spacial score (nSPS) is 14.2. The van der Waals surface area contributed by atoms with Crippen LogP contribution in [-0.4, -0.2) is 53.9 Å². The Hall–Kier alpha value is 4.90. The molecule has 0 fully saturated rings. The highest BCUT2D eigenvalue weighted by Crippen LogP contribution is 2.42. The first-order valence-corrected chi connectivity index (χ1v) is 19.9. The summed E-state index contributed by atoms with van der Waals surface area (Å²) in [6.07, 6.45) is 2.32. The fraction of sp³-hybridized carbons (Fsp3) is 1.00. The van der Waals surface area contributed by atoms with Crippen LogP contribution in [0.1, 0.15) is 12.8 Å². The Morgan fingerprint density at radius 3 is 0.815 bits per heavy atom. The molecule has 0 aliphatic heterocycles. The van der Waals surface area contributed by atoms with Crippen LogP contribution in [0.3, 0.4) is 0 Å². The van der Waals surface area contributed by atoms with Gasteiger partial charge in [0, 0.05) is 35.6 Å². The average Bonchev–Trinajstić information content (AvgIpc) is 2.63. The summed E-state index contributed by atoms with van der Waals surface area (Å²) in [5, 5.41) is 6.26. The van der Waals surface area contributed by atoms with Crippen LogP contribution in [0, 0.1) is 0 Å². The van der Waals surface area contributed by atoms with E-state index in [2.05, 4.69) is 99.3 Å². The summed E-state index contributed by atoms with van der Waals surface area (Å²) in [4.78, 5) is 0.